The Hall–Kier alpha value is -3.19. The standard InChI is InChI=1S/C24H29N3O4/c1-15-12-16(2)23(31-5)18(13-15)21(28)19-20(17-8-6-9-25-14-17)27(24(30)22(19)29)11-7-10-26(3)4/h6,8-9,12-14,20,28H,7,10-11H2,1-5H3/b21-19+. The highest BCUT2D eigenvalue weighted by Gasteiger charge is 2.46. The lowest BCUT2D eigenvalue weighted by atomic mass is 9.94. The van der Waals surface area contributed by atoms with Crippen LogP contribution >= 0.6 is 0 Å². The second-order valence-corrected chi connectivity index (χ2v) is 8.10. The number of aliphatic hydroxyl groups is 1. The van der Waals surface area contributed by atoms with E-state index in [1.54, 1.807) is 24.5 Å². The largest absolute Gasteiger partial charge is 0.507 e. The predicted octanol–water partition coefficient (Wildman–Crippen LogP) is 3.08. The SMILES string of the molecule is COc1c(C)cc(C)cc1/C(O)=C1\C(=O)C(=O)N(CCCN(C)C)C1c1cccnc1. The van der Waals surface area contributed by atoms with Crippen LogP contribution in [0.5, 0.6) is 5.75 Å². The van der Waals surface area contributed by atoms with Crippen molar-refractivity contribution in [2.75, 3.05) is 34.3 Å². The molecule has 1 saturated heterocycles. The summed E-state index contributed by atoms with van der Waals surface area (Å²) < 4.78 is 5.51. The number of aryl methyl sites for hydroxylation is 2. The molecule has 1 fully saturated rings. The topological polar surface area (TPSA) is 83.0 Å². The lowest BCUT2D eigenvalue weighted by Crippen LogP contribution is -2.32. The van der Waals surface area contributed by atoms with Crippen LogP contribution in [0, 0.1) is 13.8 Å². The summed E-state index contributed by atoms with van der Waals surface area (Å²) in [6.45, 7) is 4.94. The Bertz CT molecular complexity index is 1010. The zero-order valence-electron chi connectivity index (χ0n) is 18.7. The summed E-state index contributed by atoms with van der Waals surface area (Å²) in [5.74, 6) is -1.06. The third-order valence-electron chi connectivity index (χ3n) is 5.42. The summed E-state index contributed by atoms with van der Waals surface area (Å²) in [6, 6.07) is 6.57. The molecule has 0 saturated carbocycles. The van der Waals surface area contributed by atoms with Gasteiger partial charge in [0.25, 0.3) is 11.7 Å². The smallest absolute Gasteiger partial charge is 0.295 e. The Morgan fingerprint density at radius 2 is 2.00 bits per heavy atom. The second kappa shape index (κ2) is 9.31. The number of carbonyl (C=O) groups is 2. The monoisotopic (exact) mass is 423 g/mol. The molecule has 1 atom stereocenters. The van der Waals surface area contributed by atoms with Gasteiger partial charge < -0.3 is 19.6 Å². The summed E-state index contributed by atoms with van der Waals surface area (Å²) >= 11 is 0. The van der Waals surface area contributed by atoms with Crippen molar-refractivity contribution in [2.45, 2.75) is 26.3 Å². The van der Waals surface area contributed by atoms with E-state index in [-0.39, 0.29) is 11.3 Å². The van der Waals surface area contributed by atoms with E-state index < -0.39 is 17.7 Å². The van der Waals surface area contributed by atoms with Crippen molar-refractivity contribution in [3.63, 3.8) is 0 Å². The third-order valence-corrected chi connectivity index (χ3v) is 5.42. The zero-order chi connectivity index (χ0) is 22.7. The number of likely N-dealkylation sites (tertiary alicyclic amines) is 1. The molecule has 1 aliphatic rings. The number of rotatable bonds is 7. The first-order valence-corrected chi connectivity index (χ1v) is 10.2. The maximum Gasteiger partial charge on any atom is 0.295 e. The molecule has 1 amide bonds. The molecule has 7 heteroatoms. The van der Waals surface area contributed by atoms with Crippen molar-refractivity contribution in [2.24, 2.45) is 0 Å². The fourth-order valence-corrected chi connectivity index (χ4v) is 4.10. The van der Waals surface area contributed by atoms with Gasteiger partial charge in [0.1, 0.15) is 11.5 Å². The molecule has 2 heterocycles. The number of aromatic nitrogens is 1. The first-order valence-electron chi connectivity index (χ1n) is 10.2. The molecule has 0 spiro atoms. The highest BCUT2D eigenvalue weighted by Crippen LogP contribution is 2.41. The lowest BCUT2D eigenvalue weighted by Gasteiger charge is -2.25. The predicted molar refractivity (Wildman–Crippen MR) is 119 cm³/mol. The molecule has 0 bridgehead atoms. The lowest BCUT2D eigenvalue weighted by molar-refractivity contribution is -0.139. The molecule has 31 heavy (non-hydrogen) atoms. The zero-order valence-corrected chi connectivity index (χ0v) is 18.7. The summed E-state index contributed by atoms with van der Waals surface area (Å²) in [5, 5.41) is 11.3. The molecule has 7 nitrogen and oxygen atoms in total. The van der Waals surface area contributed by atoms with Crippen LogP contribution in [-0.4, -0.2) is 65.9 Å². The number of ether oxygens (including phenoxy) is 1. The van der Waals surface area contributed by atoms with Gasteiger partial charge in [-0.05, 0) is 69.7 Å². The van der Waals surface area contributed by atoms with Gasteiger partial charge in [0.05, 0.1) is 24.3 Å². The van der Waals surface area contributed by atoms with E-state index in [4.69, 9.17) is 4.74 Å². The van der Waals surface area contributed by atoms with Crippen molar-refractivity contribution in [1.29, 1.82) is 0 Å². The molecular formula is C24H29N3O4. The van der Waals surface area contributed by atoms with E-state index in [9.17, 15) is 14.7 Å². The van der Waals surface area contributed by atoms with Gasteiger partial charge in [0.2, 0.25) is 0 Å². The van der Waals surface area contributed by atoms with Gasteiger partial charge in [-0.15, -0.1) is 0 Å². The summed E-state index contributed by atoms with van der Waals surface area (Å²) in [7, 11) is 5.44. The minimum absolute atomic E-state index is 0.0613. The van der Waals surface area contributed by atoms with Crippen molar-refractivity contribution in [1.82, 2.24) is 14.8 Å². The van der Waals surface area contributed by atoms with Gasteiger partial charge in [0.15, 0.2) is 0 Å². The molecule has 2 aromatic rings. The number of hydrogen-bond acceptors (Lipinski definition) is 6. The number of benzene rings is 1. The van der Waals surface area contributed by atoms with E-state index in [2.05, 4.69) is 4.98 Å². The number of ketones is 1. The van der Waals surface area contributed by atoms with Gasteiger partial charge in [0, 0.05) is 18.9 Å². The van der Waals surface area contributed by atoms with Crippen LogP contribution in [0.15, 0.2) is 42.2 Å². The maximum absolute atomic E-state index is 13.1. The summed E-state index contributed by atoms with van der Waals surface area (Å²) in [4.78, 5) is 33.8. The quantitative estimate of drug-likeness (QED) is 0.419. The first kappa shape index (κ1) is 22.5. The van der Waals surface area contributed by atoms with Crippen molar-refractivity contribution >= 4 is 17.4 Å². The number of Topliss-reactive ketones (excluding diaryl/α,β-unsaturated/α-hetero) is 1. The Balaban J connectivity index is 2.17. The van der Waals surface area contributed by atoms with E-state index in [0.29, 0.717) is 29.8 Å². The van der Waals surface area contributed by atoms with Crippen LogP contribution in [0.2, 0.25) is 0 Å². The molecular weight excluding hydrogens is 394 g/mol. The molecule has 1 aromatic carbocycles. The second-order valence-electron chi connectivity index (χ2n) is 8.10. The fraction of sp³-hybridized carbons (Fsp3) is 0.375. The fourth-order valence-electron chi connectivity index (χ4n) is 4.10. The van der Waals surface area contributed by atoms with Gasteiger partial charge in [-0.2, -0.15) is 0 Å². The number of hydrogen-bond donors (Lipinski definition) is 1. The third kappa shape index (κ3) is 4.46. The Kier molecular flexibility index (Phi) is 6.75. The van der Waals surface area contributed by atoms with Crippen LogP contribution in [0.1, 0.15) is 34.7 Å². The molecule has 164 valence electrons. The van der Waals surface area contributed by atoms with E-state index >= 15 is 0 Å². The van der Waals surface area contributed by atoms with E-state index in [1.807, 2.05) is 45.0 Å². The van der Waals surface area contributed by atoms with Crippen LogP contribution < -0.4 is 4.74 Å². The molecule has 1 unspecified atom stereocenters. The number of carbonyl (C=O) groups excluding carboxylic acids is 2. The van der Waals surface area contributed by atoms with Gasteiger partial charge in [-0.3, -0.25) is 14.6 Å². The van der Waals surface area contributed by atoms with Crippen molar-refractivity contribution in [3.8, 4) is 5.75 Å². The van der Waals surface area contributed by atoms with Crippen molar-refractivity contribution < 1.29 is 19.4 Å². The Morgan fingerprint density at radius 3 is 2.61 bits per heavy atom. The maximum atomic E-state index is 13.1. The van der Waals surface area contributed by atoms with E-state index in [1.165, 1.54) is 12.0 Å². The number of aliphatic hydroxyl groups excluding tert-OH is 1. The van der Waals surface area contributed by atoms with Crippen LogP contribution in [-0.2, 0) is 9.59 Å². The number of amides is 1. The highest BCUT2D eigenvalue weighted by atomic mass is 16.5. The van der Waals surface area contributed by atoms with Crippen LogP contribution in [0.25, 0.3) is 5.76 Å². The minimum atomic E-state index is -0.707. The first-order chi connectivity index (χ1) is 14.8. The molecule has 1 N–H and O–H groups in total. The molecule has 0 radical (unpaired) electrons. The molecule has 1 aromatic heterocycles. The normalized spacial score (nSPS) is 18.1. The van der Waals surface area contributed by atoms with Crippen LogP contribution in [0.3, 0.4) is 0 Å². The van der Waals surface area contributed by atoms with Gasteiger partial charge in [-0.1, -0.05) is 12.1 Å². The highest BCUT2D eigenvalue weighted by molar-refractivity contribution is 6.46. The van der Waals surface area contributed by atoms with Crippen LogP contribution in [0.4, 0.5) is 0 Å². The van der Waals surface area contributed by atoms with Crippen molar-refractivity contribution in [3.05, 3.63) is 64.5 Å². The molecule has 3 rings (SSSR count). The average Bonchev–Trinajstić information content (AvgIpc) is 2.98. The number of pyridine rings is 1. The van der Waals surface area contributed by atoms with Gasteiger partial charge in [-0.25, -0.2) is 0 Å². The molecule has 1 aliphatic heterocycles. The average molecular weight is 424 g/mol. The van der Waals surface area contributed by atoms with E-state index in [0.717, 1.165) is 17.7 Å². The van der Waals surface area contributed by atoms with Gasteiger partial charge >= 0.3 is 0 Å². The Morgan fingerprint density at radius 1 is 1.26 bits per heavy atom. The Labute approximate surface area is 183 Å². The molecule has 0 aliphatic carbocycles. The summed E-state index contributed by atoms with van der Waals surface area (Å²) in [5.41, 5.74) is 2.89. The number of nitrogens with zero attached hydrogens (tertiary/aromatic N) is 3. The number of methoxy groups -OCH3 is 1. The summed E-state index contributed by atoms with van der Waals surface area (Å²) in [6.07, 6.45) is 3.96. The minimum Gasteiger partial charge on any atom is -0.507 e.